The second-order valence-corrected chi connectivity index (χ2v) is 5.31. The van der Waals surface area contributed by atoms with Crippen molar-refractivity contribution in [3.63, 3.8) is 0 Å². The van der Waals surface area contributed by atoms with Crippen molar-refractivity contribution in [2.75, 3.05) is 7.05 Å². The van der Waals surface area contributed by atoms with E-state index in [4.69, 9.17) is 16.3 Å². The third-order valence-electron chi connectivity index (χ3n) is 3.33. The van der Waals surface area contributed by atoms with Crippen LogP contribution in [0.2, 0.25) is 5.02 Å². The monoisotopic (exact) mass is 297 g/mol. The fraction of sp³-hybridized carbons (Fsp3) is 0.111. The molecular weight excluding hydrogens is 282 g/mol. The SMILES string of the molecule is CNCc1ccc(Oc2ccc3ccccc3c2)c(Cl)c1. The first kappa shape index (κ1) is 13.9. The molecule has 2 nitrogen and oxygen atoms in total. The lowest BCUT2D eigenvalue weighted by molar-refractivity contribution is 0.483. The molecule has 3 aromatic carbocycles. The highest BCUT2D eigenvalue weighted by atomic mass is 35.5. The predicted octanol–water partition coefficient (Wildman–Crippen LogP) is 5.00. The second-order valence-electron chi connectivity index (χ2n) is 4.91. The Kier molecular flexibility index (Phi) is 4.09. The van der Waals surface area contributed by atoms with E-state index in [9.17, 15) is 0 Å². The number of halogens is 1. The minimum atomic E-state index is 0.621. The molecule has 0 aromatic heterocycles. The molecule has 0 radical (unpaired) electrons. The lowest BCUT2D eigenvalue weighted by atomic mass is 10.1. The number of hydrogen-bond acceptors (Lipinski definition) is 2. The van der Waals surface area contributed by atoms with Gasteiger partial charge in [0.1, 0.15) is 11.5 Å². The molecule has 0 amide bonds. The minimum Gasteiger partial charge on any atom is -0.456 e. The molecule has 0 aliphatic heterocycles. The number of fused-ring (bicyclic) bond motifs is 1. The number of rotatable bonds is 4. The van der Waals surface area contributed by atoms with Crippen LogP contribution in [0.4, 0.5) is 0 Å². The summed E-state index contributed by atoms with van der Waals surface area (Å²) in [4.78, 5) is 0. The van der Waals surface area contributed by atoms with Crippen molar-refractivity contribution in [1.29, 1.82) is 0 Å². The Balaban J connectivity index is 1.87. The fourth-order valence-corrected chi connectivity index (χ4v) is 2.54. The number of hydrogen-bond donors (Lipinski definition) is 1. The Morgan fingerprint density at radius 3 is 2.52 bits per heavy atom. The van der Waals surface area contributed by atoms with Crippen molar-refractivity contribution in [1.82, 2.24) is 5.32 Å². The van der Waals surface area contributed by atoms with Crippen LogP contribution in [0.25, 0.3) is 10.8 Å². The van der Waals surface area contributed by atoms with E-state index in [2.05, 4.69) is 17.4 Å². The standard InChI is InChI=1S/C18H16ClNO/c1-20-12-13-6-9-18(17(19)10-13)21-16-8-7-14-4-2-3-5-15(14)11-16/h2-11,20H,12H2,1H3. The fourth-order valence-electron chi connectivity index (χ4n) is 2.30. The van der Waals surface area contributed by atoms with Gasteiger partial charge in [-0.2, -0.15) is 0 Å². The molecule has 0 heterocycles. The van der Waals surface area contributed by atoms with Crippen LogP contribution in [0, 0.1) is 0 Å². The zero-order valence-corrected chi connectivity index (χ0v) is 12.5. The van der Waals surface area contributed by atoms with Crippen LogP contribution >= 0.6 is 11.6 Å². The first-order valence-electron chi connectivity index (χ1n) is 6.86. The third-order valence-corrected chi connectivity index (χ3v) is 3.62. The van der Waals surface area contributed by atoms with Crippen LogP contribution in [0.3, 0.4) is 0 Å². The maximum absolute atomic E-state index is 6.28. The average Bonchev–Trinajstić information content (AvgIpc) is 2.50. The summed E-state index contributed by atoms with van der Waals surface area (Å²) in [6, 6.07) is 20.1. The van der Waals surface area contributed by atoms with Crippen molar-refractivity contribution < 1.29 is 4.74 Å². The van der Waals surface area contributed by atoms with E-state index in [0.29, 0.717) is 10.8 Å². The molecule has 0 saturated heterocycles. The van der Waals surface area contributed by atoms with Crippen LogP contribution in [0.1, 0.15) is 5.56 Å². The molecule has 0 atom stereocenters. The molecule has 0 spiro atoms. The largest absolute Gasteiger partial charge is 0.456 e. The normalized spacial score (nSPS) is 10.8. The smallest absolute Gasteiger partial charge is 0.146 e. The van der Waals surface area contributed by atoms with Gasteiger partial charge in [0.15, 0.2) is 0 Å². The van der Waals surface area contributed by atoms with Crippen LogP contribution < -0.4 is 10.1 Å². The molecule has 0 unspecified atom stereocenters. The maximum atomic E-state index is 6.28. The molecular formula is C18H16ClNO. The molecule has 3 aromatic rings. The summed E-state index contributed by atoms with van der Waals surface area (Å²) < 4.78 is 5.90. The summed E-state index contributed by atoms with van der Waals surface area (Å²) in [6.45, 7) is 0.788. The highest BCUT2D eigenvalue weighted by molar-refractivity contribution is 6.32. The van der Waals surface area contributed by atoms with E-state index in [-0.39, 0.29) is 0 Å². The topological polar surface area (TPSA) is 21.3 Å². The van der Waals surface area contributed by atoms with Crippen molar-refractivity contribution in [3.8, 4) is 11.5 Å². The lowest BCUT2D eigenvalue weighted by Gasteiger charge is -2.10. The summed E-state index contributed by atoms with van der Waals surface area (Å²) >= 11 is 6.28. The molecule has 0 aliphatic rings. The molecule has 3 heteroatoms. The van der Waals surface area contributed by atoms with E-state index in [0.717, 1.165) is 23.2 Å². The second kappa shape index (κ2) is 6.17. The van der Waals surface area contributed by atoms with Gasteiger partial charge in [-0.05, 0) is 47.6 Å². The molecule has 21 heavy (non-hydrogen) atoms. The zero-order chi connectivity index (χ0) is 14.7. The summed E-state index contributed by atoms with van der Waals surface area (Å²) in [6.07, 6.45) is 0. The van der Waals surface area contributed by atoms with Gasteiger partial charge in [0, 0.05) is 6.54 Å². The van der Waals surface area contributed by atoms with E-state index in [1.54, 1.807) is 0 Å². The van der Waals surface area contributed by atoms with Crippen molar-refractivity contribution in [2.24, 2.45) is 0 Å². The van der Waals surface area contributed by atoms with Gasteiger partial charge in [-0.1, -0.05) is 48.0 Å². The summed E-state index contributed by atoms with van der Waals surface area (Å²) in [5.74, 6) is 1.46. The van der Waals surface area contributed by atoms with Gasteiger partial charge in [-0.3, -0.25) is 0 Å². The molecule has 106 valence electrons. The quantitative estimate of drug-likeness (QED) is 0.731. The molecule has 1 N–H and O–H groups in total. The van der Waals surface area contributed by atoms with Crippen molar-refractivity contribution in [2.45, 2.75) is 6.54 Å². The molecule has 0 aliphatic carbocycles. The zero-order valence-electron chi connectivity index (χ0n) is 11.8. The number of nitrogens with one attached hydrogen (secondary N) is 1. The van der Waals surface area contributed by atoms with Gasteiger partial charge >= 0.3 is 0 Å². The highest BCUT2D eigenvalue weighted by Crippen LogP contribution is 2.31. The van der Waals surface area contributed by atoms with E-state index in [1.807, 2.05) is 55.6 Å². The van der Waals surface area contributed by atoms with Crippen molar-refractivity contribution >= 4 is 22.4 Å². The van der Waals surface area contributed by atoms with Crippen LogP contribution in [0.5, 0.6) is 11.5 Å². The van der Waals surface area contributed by atoms with Crippen LogP contribution in [0.15, 0.2) is 60.7 Å². The molecule has 0 saturated carbocycles. The first-order chi connectivity index (χ1) is 10.3. The Bertz CT molecular complexity index is 770. The van der Waals surface area contributed by atoms with E-state index in [1.165, 1.54) is 5.39 Å². The number of benzene rings is 3. The van der Waals surface area contributed by atoms with Gasteiger partial charge in [-0.15, -0.1) is 0 Å². The van der Waals surface area contributed by atoms with Gasteiger partial charge in [0.2, 0.25) is 0 Å². The van der Waals surface area contributed by atoms with Gasteiger partial charge in [0.25, 0.3) is 0 Å². The summed E-state index contributed by atoms with van der Waals surface area (Å²) in [7, 11) is 1.91. The van der Waals surface area contributed by atoms with Gasteiger partial charge in [-0.25, -0.2) is 0 Å². The Labute approximate surface area is 129 Å². The van der Waals surface area contributed by atoms with Crippen LogP contribution in [-0.4, -0.2) is 7.05 Å². The molecule has 0 fully saturated rings. The predicted molar refractivity (Wildman–Crippen MR) is 88.2 cm³/mol. The van der Waals surface area contributed by atoms with Gasteiger partial charge < -0.3 is 10.1 Å². The van der Waals surface area contributed by atoms with Crippen LogP contribution in [-0.2, 0) is 6.54 Å². The number of ether oxygens (including phenoxy) is 1. The Morgan fingerprint density at radius 1 is 0.952 bits per heavy atom. The molecule has 0 bridgehead atoms. The summed E-state index contributed by atoms with van der Waals surface area (Å²) in [5.41, 5.74) is 1.13. The first-order valence-corrected chi connectivity index (χ1v) is 7.24. The average molecular weight is 298 g/mol. The van der Waals surface area contributed by atoms with Crippen molar-refractivity contribution in [3.05, 3.63) is 71.2 Å². The maximum Gasteiger partial charge on any atom is 0.146 e. The van der Waals surface area contributed by atoms with E-state index >= 15 is 0 Å². The Hall–Kier alpha value is -2.03. The molecule has 3 rings (SSSR count). The highest BCUT2D eigenvalue weighted by Gasteiger charge is 2.05. The van der Waals surface area contributed by atoms with Gasteiger partial charge in [0.05, 0.1) is 5.02 Å². The third kappa shape index (κ3) is 3.18. The van der Waals surface area contributed by atoms with E-state index < -0.39 is 0 Å². The Morgan fingerprint density at radius 2 is 1.76 bits per heavy atom. The summed E-state index contributed by atoms with van der Waals surface area (Å²) in [5, 5.41) is 6.07. The lowest BCUT2D eigenvalue weighted by Crippen LogP contribution is -2.04. The minimum absolute atomic E-state index is 0.621.